The largest absolute Gasteiger partial charge is 0.454 e. The quantitative estimate of drug-likeness (QED) is 0.845. The van der Waals surface area contributed by atoms with Crippen LogP contribution in [0.25, 0.3) is 0 Å². The second-order valence-electron chi connectivity index (χ2n) is 5.71. The van der Waals surface area contributed by atoms with Crippen LogP contribution in [-0.2, 0) is 33.7 Å². The summed E-state index contributed by atoms with van der Waals surface area (Å²) in [7, 11) is 0. The van der Waals surface area contributed by atoms with E-state index in [2.05, 4.69) is 5.32 Å². The number of ether oxygens (including phenoxy) is 1. The average Bonchev–Trinajstić information content (AvgIpc) is 3.03. The smallest absolute Gasteiger partial charge is 0.326 e. The molecule has 0 atom stereocenters. The van der Waals surface area contributed by atoms with Crippen LogP contribution in [0.1, 0.15) is 17.5 Å². The number of carbonyl (C=O) groups is 2. The number of carbonyl (C=O) groups excluding carboxylic acids is 2. The fraction of sp³-hybridized carbons (Fsp3) is 0.278. The van der Waals surface area contributed by atoms with Crippen molar-refractivity contribution in [3.8, 4) is 0 Å². The number of amides is 1. The molecule has 6 heteroatoms. The van der Waals surface area contributed by atoms with Crippen LogP contribution >= 0.6 is 0 Å². The average molecular weight is 326 g/mol. The molecule has 124 valence electrons. The lowest BCUT2D eigenvalue weighted by atomic mass is 10.1. The molecule has 0 saturated carbocycles. The van der Waals surface area contributed by atoms with Crippen LogP contribution in [0.4, 0.5) is 5.69 Å². The van der Waals surface area contributed by atoms with Gasteiger partial charge >= 0.3 is 5.97 Å². The Morgan fingerprint density at radius 2 is 1.96 bits per heavy atom. The van der Waals surface area contributed by atoms with Gasteiger partial charge in [-0.05, 0) is 48.6 Å². The molecule has 2 aromatic rings. The molecule has 3 rings (SSSR count). The number of anilines is 1. The number of hydrogen-bond donors (Lipinski definition) is 1. The lowest BCUT2D eigenvalue weighted by molar-refractivity contribution is -0.147. The molecule has 1 heterocycles. The van der Waals surface area contributed by atoms with Gasteiger partial charge in [-0.1, -0.05) is 12.1 Å². The second-order valence-corrected chi connectivity index (χ2v) is 5.71. The van der Waals surface area contributed by atoms with Crippen molar-refractivity contribution in [1.29, 1.82) is 0 Å². The number of fused-ring (bicyclic) bond motifs is 1. The van der Waals surface area contributed by atoms with Gasteiger partial charge in [-0.25, -0.2) is 0 Å². The zero-order chi connectivity index (χ0) is 16.9. The molecule has 0 saturated heterocycles. The molecule has 1 amide bonds. The molecule has 0 radical (unpaired) electrons. The minimum absolute atomic E-state index is 0.216. The Labute approximate surface area is 139 Å². The van der Waals surface area contributed by atoms with E-state index in [-0.39, 0.29) is 18.7 Å². The summed E-state index contributed by atoms with van der Waals surface area (Å²) in [6.45, 7) is -0.594. The van der Waals surface area contributed by atoms with Crippen LogP contribution < -0.4 is 10.9 Å². The number of benzene rings is 1. The molecule has 0 bridgehead atoms. The highest BCUT2D eigenvalue weighted by Gasteiger charge is 2.13. The van der Waals surface area contributed by atoms with Crippen molar-refractivity contribution in [3.05, 3.63) is 64.1 Å². The molecule has 0 aliphatic heterocycles. The Bertz CT molecular complexity index is 826. The van der Waals surface area contributed by atoms with E-state index in [4.69, 9.17) is 4.74 Å². The Morgan fingerprint density at radius 3 is 2.79 bits per heavy atom. The van der Waals surface area contributed by atoms with Gasteiger partial charge in [0, 0.05) is 18.0 Å². The highest BCUT2D eigenvalue weighted by molar-refractivity contribution is 5.92. The van der Waals surface area contributed by atoms with Gasteiger partial charge < -0.3 is 14.6 Å². The summed E-state index contributed by atoms with van der Waals surface area (Å²) in [5.74, 6) is -1.03. The molecule has 1 aromatic carbocycles. The number of pyridine rings is 1. The van der Waals surface area contributed by atoms with Gasteiger partial charge in [0.25, 0.3) is 11.5 Å². The van der Waals surface area contributed by atoms with Gasteiger partial charge in [0.2, 0.25) is 0 Å². The molecule has 24 heavy (non-hydrogen) atoms. The summed E-state index contributed by atoms with van der Waals surface area (Å²) in [5.41, 5.74) is 2.99. The van der Waals surface area contributed by atoms with Crippen molar-refractivity contribution in [2.24, 2.45) is 0 Å². The van der Waals surface area contributed by atoms with E-state index in [0.717, 1.165) is 19.3 Å². The number of aryl methyl sites for hydroxylation is 2. The molecular weight excluding hydrogens is 308 g/mol. The van der Waals surface area contributed by atoms with Crippen LogP contribution in [0.2, 0.25) is 0 Å². The lowest BCUT2D eigenvalue weighted by Crippen LogP contribution is -2.26. The van der Waals surface area contributed by atoms with Crippen LogP contribution in [0.3, 0.4) is 0 Å². The van der Waals surface area contributed by atoms with Gasteiger partial charge in [-0.2, -0.15) is 0 Å². The van der Waals surface area contributed by atoms with Crippen LogP contribution in [-0.4, -0.2) is 23.1 Å². The summed E-state index contributed by atoms with van der Waals surface area (Å²) in [6, 6.07) is 10.4. The van der Waals surface area contributed by atoms with E-state index in [1.54, 1.807) is 12.1 Å². The number of hydrogen-bond acceptors (Lipinski definition) is 4. The predicted molar refractivity (Wildman–Crippen MR) is 88.8 cm³/mol. The number of nitrogens with zero attached hydrogens (tertiary/aromatic N) is 1. The first kappa shape index (κ1) is 16.0. The van der Waals surface area contributed by atoms with Crippen molar-refractivity contribution >= 4 is 17.6 Å². The summed E-state index contributed by atoms with van der Waals surface area (Å²) < 4.78 is 6.14. The van der Waals surface area contributed by atoms with Crippen LogP contribution in [0.5, 0.6) is 0 Å². The van der Waals surface area contributed by atoms with Crippen molar-refractivity contribution in [1.82, 2.24) is 4.57 Å². The monoisotopic (exact) mass is 326 g/mol. The highest BCUT2D eigenvalue weighted by Crippen LogP contribution is 2.24. The first-order valence-corrected chi connectivity index (χ1v) is 7.84. The Kier molecular flexibility index (Phi) is 4.74. The molecule has 0 unspecified atom stereocenters. The molecule has 1 aliphatic carbocycles. The summed E-state index contributed by atoms with van der Waals surface area (Å²) >= 11 is 0. The van der Waals surface area contributed by atoms with Gasteiger partial charge in [-0.15, -0.1) is 0 Å². The first-order chi connectivity index (χ1) is 11.6. The van der Waals surface area contributed by atoms with E-state index in [1.165, 1.54) is 28.0 Å². The predicted octanol–water partition coefficient (Wildman–Crippen LogP) is 1.52. The van der Waals surface area contributed by atoms with Gasteiger partial charge in [0.1, 0.15) is 6.54 Å². The van der Waals surface area contributed by atoms with Gasteiger partial charge in [-0.3, -0.25) is 14.4 Å². The fourth-order valence-electron chi connectivity index (χ4n) is 2.77. The third-order valence-electron chi connectivity index (χ3n) is 3.94. The standard InChI is InChI=1S/C18H18N2O4/c21-16(19-15-8-7-13-4-3-5-14(13)10-15)12-24-18(23)11-20-9-2-1-6-17(20)22/h1-2,6-10H,3-5,11-12H2,(H,19,21). The Balaban J connectivity index is 1.49. The number of esters is 1. The second kappa shape index (κ2) is 7.12. The van der Waals surface area contributed by atoms with E-state index in [9.17, 15) is 14.4 Å². The molecule has 1 aliphatic rings. The van der Waals surface area contributed by atoms with Crippen LogP contribution in [0, 0.1) is 0 Å². The minimum atomic E-state index is -0.632. The molecule has 1 N–H and O–H groups in total. The normalized spacial score (nSPS) is 12.5. The third-order valence-corrected chi connectivity index (χ3v) is 3.94. The first-order valence-electron chi connectivity index (χ1n) is 7.84. The molecular formula is C18H18N2O4. The zero-order valence-electron chi connectivity index (χ0n) is 13.2. The number of nitrogens with one attached hydrogen (secondary N) is 1. The topological polar surface area (TPSA) is 77.4 Å². The third kappa shape index (κ3) is 3.90. The minimum Gasteiger partial charge on any atom is -0.454 e. The van der Waals surface area contributed by atoms with E-state index in [1.807, 2.05) is 18.2 Å². The lowest BCUT2D eigenvalue weighted by Gasteiger charge is -2.09. The maximum Gasteiger partial charge on any atom is 0.326 e. The van der Waals surface area contributed by atoms with Crippen molar-refractivity contribution in [3.63, 3.8) is 0 Å². The van der Waals surface area contributed by atoms with Crippen LogP contribution in [0.15, 0.2) is 47.4 Å². The maximum atomic E-state index is 11.9. The highest BCUT2D eigenvalue weighted by atomic mass is 16.5. The van der Waals surface area contributed by atoms with E-state index < -0.39 is 11.9 Å². The van der Waals surface area contributed by atoms with Crippen molar-refractivity contribution < 1.29 is 14.3 Å². The van der Waals surface area contributed by atoms with Gasteiger partial charge in [0.05, 0.1) is 0 Å². The van der Waals surface area contributed by atoms with E-state index in [0.29, 0.717) is 5.69 Å². The molecule has 1 aromatic heterocycles. The van der Waals surface area contributed by atoms with Gasteiger partial charge in [0.15, 0.2) is 6.61 Å². The zero-order valence-corrected chi connectivity index (χ0v) is 13.2. The van der Waals surface area contributed by atoms with Crippen molar-refractivity contribution in [2.45, 2.75) is 25.8 Å². The maximum absolute atomic E-state index is 11.9. The van der Waals surface area contributed by atoms with Crippen molar-refractivity contribution in [2.75, 3.05) is 11.9 Å². The molecule has 0 spiro atoms. The number of rotatable bonds is 5. The summed E-state index contributed by atoms with van der Waals surface area (Å²) in [6.07, 6.45) is 4.75. The SMILES string of the molecule is O=C(COC(=O)Cn1ccccc1=O)Nc1ccc2c(c1)CCC2. The fourth-order valence-corrected chi connectivity index (χ4v) is 2.77. The Morgan fingerprint density at radius 1 is 1.12 bits per heavy atom. The number of aromatic nitrogens is 1. The summed E-state index contributed by atoms with van der Waals surface area (Å²) in [5, 5.41) is 2.72. The van der Waals surface area contributed by atoms with E-state index >= 15 is 0 Å². The molecule has 0 fully saturated rings. The molecule has 6 nitrogen and oxygen atoms in total. The summed E-state index contributed by atoms with van der Waals surface area (Å²) in [4.78, 5) is 35.1. The Hall–Kier alpha value is -2.89.